The van der Waals surface area contributed by atoms with Crippen LogP contribution in [-0.4, -0.2) is 38.0 Å². The number of nitrogens with zero attached hydrogens (tertiary/aromatic N) is 2. The zero-order valence-corrected chi connectivity index (χ0v) is 20.3. The number of aromatic nitrogens is 2. The minimum absolute atomic E-state index is 0.00872. The van der Waals surface area contributed by atoms with Crippen molar-refractivity contribution < 1.29 is 22.7 Å². The topological polar surface area (TPSA) is 120 Å². The molecule has 0 radical (unpaired) electrons. The summed E-state index contributed by atoms with van der Waals surface area (Å²) in [7, 11) is -2.46. The maximum absolute atomic E-state index is 12.6. The van der Waals surface area contributed by atoms with Crippen molar-refractivity contribution in [1.29, 1.82) is 0 Å². The lowest BCUT2D eigenvalue weighted by atomic mass is 9.82. The number of hydrogen-bond acceptors (Lipinski definition) is 7. The van der Waals surface area contributed by atoms with Crippen molar-refractivity contribution in [2.24, 2.45) is 0 Å². The van der Waals surface area contributed by atoms with E-state index in [1.807, 2.05) is 24.3 Å². The summed E-state index contributed by atoms with van der Waals surface area (Å²) in [6, 6.07) is 14.8. The monoisotopic (exact) mass is 484 g/mol. The molecule has 180 valence electrons. The van der Waals surface area contributed by atoms with Crippen LogP contribution in [0.3, 0.4) is 0 Å². The lowest BCUT2D eigenvalue weighted by Gasteiger charge is -2.23. The first-order chi connectivity index (χ1) is 16.1. The molecule has 0 bridgehead atoms. The Bertz CT molecular complexity index is 1230. The second-order valence-corrected chi connectivity index (χ2v) is 9.86. The molecule has 1 amide bonds. The van der Waals surface area contributed by atoms with Gasteiger partial charge in [0.1, 0.15) is 17.9 Å². The van der Waals surface area contributed by atoms with Gasteiger partial charge in [0.15, 0.2) is 6.61 Å². The number of amides is 1. The first kappa shape index (κ1) is 25.0. The molecule has 0 unspecified atom stereocenters. The molecule has 34 heavy (non-hydrogen) atoms. The number of carbonyl (C=O) groups excluding carboxylic acids is 1. The number of methoxy groups -OCH3 is 1. The molecule has 1 heterocycles. The maximum atomic E-state index is 12.6. The van der Waals surface area contributed by atoms with E-state index in [0.29, 0.717) is 11.4 Å². The first-order valence-electron chi connectivity index (χ1n) is 10.6. The molecule has 3 rings (SSSR count). The fraction of sp³-hybridized carbons (Fsp3) is 0.292. The molecule has 3 aromatic rings. The summed E-state index contributed by atoms with van der Waals surface area (Å²) < 4.78 is 38.0. The largest absolute Gasteiger partial charge is 0.484 e. The summed E-state index contributed by atoms with van der Waals surface area (Å²) in [4.78, 5) is 20.0. The van der Waals surface area contributed by atoms with Crippen LogP contribution < -0.4 is 19.5 Å². The van der Waals surface area contributed by atoms with E-state index in [4.69, 9.17) is 9.47 Å². The van der Waals surface area contributed by atoms with Crippen LogP contribution >= 0.6 is 0 Å². The van der Waals surface area contributed by atoms with Crippen molar-refractivity contribution in [1.82, 2.24) is 9.97 Å². The highest BCUT2D eigenvalue weighted by Gasteiger charge is 2.18. The molecule has 0 aliphatic rings. The summed E-state index contributed by atoms with van der Waals surface area (Å²) in [5.41, 5.74) is 1.72. The van der Waals surface area contributed by atoms with Crippen molar-refractivity contribution in [3.8, 4) is 11.6 Å². The van der Waals surface area contributed by atoms with Crippen molar-refractivity contribution in [2.45, 2.75) is 37.5 Å². The summed E-state index contributed by atoms with van der Waals surface area (Å²) in [6.07, 6.45) is 2.21. The molecule has 1 aromatic heterocycles. The number of carbonyl (C=O) groups is 1. The third kappa shape index (κ3) is 6.44. The van der Waals surface area contributed by atoms with Crippen LogP contribution in [0.1, 0.15) is 32.8 Å². The van der Waals surface area contributed by atoms with Crippen molar-refractivity contribution in [3.63, 3.8) is 0 Å². The standard InChI is InChI=1S/C24H28N4O5S/c1-5-24(2,3)17-6-10-19(11-7-17)33-15-22(29)27-18-8-12-20(13-9-18)34(30,31)28-21-14-23(32-4)26-16-25-21/h6-14,16H,5,15H2,1-4H3,(H,27,29)(H,25,26,28). The van der Waals surface area contributed by atoms with Gasteiger partial charge in [-0.3, -0.25) is 9.52 Å². The number of sulfonamides is 1. The zero-order chi connectivity index (χ0) is 24.8. The van der Waals surface area contributed by atoms with Crippen LogP contribution in [0.5, 0.6) is 11.6 Å². The van der Waals surface area contributed by atoms with Gasteiger partial charge in [0.05, 0.1) is 12.0 Å². The molecule has 0 atom stereocenters. The summed E-state index contributed by atoms with van der Waals surface area (Å²) in [5, 5.41) is 2.68. The Morgan fingerprint density at radius 2 is 1.71 bits per heavy atom. The van der Waals surface area contributed by atoms with Gasteiger partial charge in [-0.05, 0) is 53.8 Å². The van der Waals surface area contributed by atoms with Crippen LogP contribution in [0.25, 0.3) is 0 Å². The molecule has 9 nitrogen and oxygen atoms in total. The molecule has 0 saturated heterocycles. The Hall–Kier alpha value is -3.66. The van der Waals surface area contributed by atoms with E-state index in [1.54, 1.807) is 0 Å². The molecular formula is C24H28N4O5S. The Morgan fingerprint density at radius 3 is 2.32 bits per heavy atom. The molecule has 0 aliphatic heterocycles. The SMILES string of the molecule is CCC(C)(C)c1ccc(OCC(=O)Nc2ccc(S(=O)(=O)Nc3cc(OC)ncn3)cc2)cc1. The quantitative estimate of drug-likeness (QED) is 0.446. The van der Waals surface area contributed by atoms with Gasteiger partial charge in [-0.15, -0.1) is 0 Å². The molecule has 0 saturated carbocycles. The number of nitrogens with one attached hydrogen (secondary N) is 2. The fourth-order valence-corrected chi connectivity index (χ4v) is 3.97. The Labute approximate surface area is 199 Å². The van der Waals surface area contributed by atoms with Gasteiger partial charge >= 0.3 is 0 Å². The normalized spacial score (nSPS) is 11.5. The van der Waals surface area contributed by atoms with Crippen LogP contribution in [0.4, 0.5) is 11.5 Å². The number of rotatable bonds is 10. The van der Waals surface area contributed by atoms with Crippen molar-refractivity contribution in [2.75, 3.05) is 23.8 Å². The lowest BCUT2D eigenvalue weighted by molar-refractivity contribution is -0.118. The highest BCUT2D eigenvalue weighted by Crippen LogP contribution is 2.28. The lowest BCUT2D eigenvalue weighted by Crippen LogP contribution is -2.20. The Kier molecular flexibility index (Phi) is 7.72. The van der Waals surface area contributed by atoms with Gasteiger partial charge in [0, 0.05) is 11.8 Å². The van der Waals surface area contributed by atoms with E-state index in [2.05, 4.69) is 40.8 Å². The van der Waals surface area contributed by atoms with Crippen LogP contribution in [0.15, 0.2) is 65.8 Å². The third-order valence-corrected chi connectivity index (χ3v) is 6.80. The number of anilines is 2. The van der Waals surface area contributed by atoms with Crippen molar-refractivity contribution >= 4 is 27.4 Å². The minimum atomic E-state index is -3.88. The Balaban J connectivity index is 1.56. The first-order valence-corrected chi connectivity index (χ1v) is 12.1. The van der Waals surface area contributed by atoms with E-state index < -0.39 is 10.0 Å². The summed E-state index contributed by atoms with van der Waals surface area (Å²) in [6.45, 7) is 6.32. The molecule has 2 aromatic carbocycles. The Morgan fingerprint density at radius 1 is 1.03 bits per heavy atom. The van der Waals surface area contributed by atoms with Crippen molar-refractivity contribution in [3.05, 3.63) is 66.5 Å². The predicted octanol–water partition coefficient (Wildman–Crippen LogP) is 3.99. The minimum Gasteiger partial charge on any atom is -0.484 e. The smallest absolute Gasteiger partial charge is 0.263 e. The highest BCUT2D eigenvalue weighted by molar-refractivity contribution is 7.92. The molecule has 10 heteroatoms. The van der Waals surface area contributed by atoms with Crippen LogP contribution in [0.2, 0.25) is 0 Å². The van der Waals surface area contributed by atoms with E-state index in [1.165, 1.54) is 49.3 Å². The predicted molar refractivity (Wildman–Crippen MR) is 130 cm³/mol. The highest BCUT2D eigenvalue weighted by atomic mass is 32.2. The van der Waals surface area contributed by atoms with Gasteiger partial charge < -0.3 is 14.8 Å². The molecular weight excluding hydrogens is 456 g/mol. The molecule has 0 fully saturated rings. The van der Waals surface area contributed by atoms with Crippen LogP contribution in [0, 0.1) is 0 Å². The van der Waals surface area contributed by atoms with Gasteiger partial charge in [-0.25, -0.2) is 18.4 Å². The average Bonchev–Trinajstić information content (AvgIpc) is 2.83. The fourth-order valence-electron chi connectivity index (χ4n) is 2.97. The van der Waals surface area contributed by atoms with Gasteiger partial charge in [0.2, 0.25) is 5.88 Å². The summed E-state index contributed by atoms with van der Waals surface area (Å²) >= 11 is 0. The molecule has 0 spiro atoms. The van der Waals surface area contributed by atoms with Gasteiger partial charge in [0.25, 0.3) is 15.9 Å². The van der Waals surface area contributed by atoms with Crippen LogP contribution in [-0.2, 0) is 20.2 Å². The second-order valence-electron chi connectivity index (χ2n) is 8.17. The second kappa shape index (κ2) is 10.5. The van der Waals surface area contributed by atoms with E-state index >= 15 is 0 Å². The zero-order valence-electron chi connectivity index (χ0n) is 19.5. The summed E-state index contributed by atoms with van der Waals surface area (Å²) in [5.74, 6) is 0.542. The van der Waals surface area contributed by atoms with Gasteiger partial charge in [-0.2, -0.15) is 0 Å². The van der Waals surface area contributed by atoms with E-state index in [0.717, 1.165) is 6.42 Å². The average molecular weight is 485 g/mol. The molecule has 2 N–H and O–H groups in total. The van der Waals surface area contributed by atoms with Gasteiger partial charge in [-0.1, -0.05) is 32.9 Å². The molecule has 0 aliphatic carbocycles. The number of ether oxygens (including phenoxy) is 2. The maximum Gasteiger partial charge on any atom is 0.263 e. The third-order valence-electron chi connectivity index (χ3n) is 5.43. The van der Waals surface area contributed by atoms with E-state index in [-0.39, 0.29) is 34.5 Å². The van der Waals surface area contributed by atoms with E-state index in [9.17, 15) is 13.2 Å². The number of hydrogen-bond donors (Lipinski definition) is 2. The number of benzene rings is 2.